The average Bonchev–Trinajstić information content (AvgIpc) is 3.00. The minimum Gasteiger partial charge on any atom is -0.335 e. The molecule has 1 heterocycles. The number of benzene rings is 2. The van der Waals surface area contributed by atoms with Crippen molar-refractivity contribution < 1.29 is 22.4 Å². The number of halogens is 4. The Balaban J connectivity index is 1.52. The maximum Gasteiger partial charge on any atom is 0.416 e. The van der Waals surface area contributed by atoms with E-state index in [0.717, 1.165) is 18.6 Å². The van der Waals surface area contributed by atoms with Crippen LogP contribution in [-0.2, 0) is 24.1 Å². The number of nitrogens with one attached hydrogen (secondary N) is 1. The molecule has 0 aromatic heterocycles. The van der Waals surface area contributed by atoms with Gasteiger partial charge in [-0.1, -0.05) is 30.3 Å². The van der Waals surface area contributed by atoms with E-state index in [0.29, 0.717) is 43.6 Å². The van der Waals surface area contributed by atoms with Crippen molar-refractivity contribution >= 4 is 5.91 Å². The van der Waals surface area contributed by atoms with Crippen molar-refractivity contribution in [1.82, 2.24) is 10.2 Å². The lowest BCUT2D eigenvalue weighted by Gasteiger charge is -2.25. The average molecular weight is 394 g/mol. The van der Waals surface area contributed by atoms with Crippen LogP contribution in [0.1, 0.15) is 36.0 Å². The van der Waals surface area contributed by atoms with E-state index in [2.05, 4.69) is 5.32 Å². The van der Waals surface area contributed by atoms with Crippen LogP contribution in [0.5, 0.6) is 0 Å². The smallest absolute Gasteiger partial charge is 0.335 e. The van der Waals surface area contributed by atoms with Crippen LogP contribution in [0, 0.1) is 5.82 Å². The van der Waals surface area contributed by atoms with Crippen LogP contribution in [0.15, 0.2) is 48.5 Å². The van der Waals surface area contributed by atoms with Gasteiger partial charge in [-0.15, -0.1) is 0 Å². The van der Waals surface area contributed by atoms with Crippen molar-refractivity contribution in [2.45, 2.75) is 44.6 Å². The lowest BCUT2D eigenvalue weighted by atomic mass is 10.1. The van der Waals surface area contributed by atoms with Gasteiger partial charge in [0.05, 0.1) is 5.56 Å². The highest BCUT2D eigenvalue weighted by molar-refractivity contribution is 5.78. The van der Waals surface area contributed by atoms with Gasteiger partial charge in [-0.05, 0) is 43.1 Å². The fourth-order valence-corrected chi connectivity index (χ4v) is 3.44. The zero-order valence-corrected chi connectivity index (χ0v) is 15.3. The van der Waals surface area contributed by atoms with Gasteiger partial charge in [0, 0.05) is 31.1 Å². The van der Waals surface area contributed by atoms with E-state index in [1.165, 1.54) is 18.2 Å². The summed E-state index contributed by atoms with van der Waals surface area (Å²) in [6.45, 7) is 1.33. The quantitative estimate of drug-likeness (QED) is 0.553. The summed E-state index contributed by atoms with van der Waals surface area (Å²) in [5.41, 5.74) is 0.567. The fourth-order valence-electron chi connectivity index (χ4n) is 3.44. The number of nitrogens with zero attached hydrogens (tertiary/aromatic N) is 1. The van der Waals surface area contributed by atoms with Crippen molar-refractivity contribution in [2.24, 2.45) is 0 Å². The molecule has 7 heteroatoms. The molecule has 0 saturated carbocycles. The van der Waals surface area contributed by atoms with Gasteiger partial charge in [0.25, 0.3) is 0 Å². The second kappa shape index (κ2) is 8.73. The van der Waals surface area contributed by atoms with Crippen LogP contribution < -0.4 is 5.32 Å². The maximum atomic E-state index is 13.6. The van der Waals surface area contributed by atoms with Gasteiger partial charge in [-0.3, -0.25) is 4.79 Å². The van der Waals surface area contributed by atoms with Gasteiger partial charge >= 0.3 is 6.18 Å². The standard InChI is InChI=1S/C21H22F4N2O/c22-19-4-2-1-3-16(19)13-26-12-11-18-9-10-20(28)27(18)14-15-5-7-17(8-6-15)21(23,24)25/h1-8,18,26H,9-14H2. The first-order valence-corrected chi connectivity index (χ1v) is 9.24. The number of rotatable bonds is 7. The summed E-state index contributed by atoms with van der Waals surface area (Å²) in [7, 11) is 0. The molecule has 1 aliphatic heterocycles. The molecular formula is C21H22F4N2O. The number of alkyl halides is 3. The van der Waals surface area contributed by atoms with Crippen molar-refractivity contribution in [1.29, 1.82) is 0 Å². The molecule has 2 aromatic rings. The third kappa shape index (κ3) is 5.10. The Morgan fingerprint density at radius 2 is 1.79 bits per heavy atom. The van der Waals surface area contributed by atoms with Crippen LogP contribution in [0.2, 0.25) is 0 Å². The van der Waals surface area contributed by atoms with Crippen molar-refractivity contribution in [3.63, 3.8) is 0 Å². The summed E-state index contributed by atoms with van der Waals surface area (Å²) in [4.78, 5) is 13.9. The Morgan fingerprint density at radius 3 is 2.46 bits per heavy atom. The lowest BCUT2D eigenvalue weighted by Crippen LogP contribution is -2.34. The molecule has 1 aliphatic rings. The molecule has 1 unspecified atom stereocenters. The number of likely N-dealkylation sites (tertiary alicyclic amines) is 1. The zero-order chi connectivity index (χ0) is 20.1. The van der Waals surface area contributed by atoms with E-state index >= 15 is 0 Å². The molecule has 1 fully saturated rings. The minimum atomic E-state index is -4.37. The predicted octanol–water partition coefficient (Wildman–Crippen LogP) is 4.52. The molecule has 0 spiro atoms. The van der Waals surface area contributed by atoms with E-state index in [9.17, 15) is 22.4 Å². The molecule has 1 N–H and O–H groups in total. The number of hydrogen-bond donors (Lipinski definition) is 1. The third-order valence-electron chi connectivity index (χ3n) is 5.01. The van der Waals surface area contributed by atoms with E-state index in [4.69, 9.17) is 0 Å². The number of amides is 1. The molecular weight excluding hydrogens is 372 g/mol. The molecule has 3 nitrogen and oxygen atoms in total. The molecule has 1 saturated heterocycles. The van der Waals surface area contributed by atoms with E-state index < -0.39 is 11.7 Å². The number of carbonyl (C=O) groups is 1. The van der Waals surface area contributed by atoms with Gasteiger partial charge < -0.3 is 10.2 Å². The van der Waals surface area contributed by atoms with Crippen molar-refractivity contribution in [3.8, 4) is 0 Å². The highest BCUT2D eigenvalue weighted by atomic mass is 19.4. The summed E-state index contributed by atoms with van der Waals surface area (Å²) in [5.74, 6) is -0.242. The summed E-state index contributed by atoms with van der Waals surface area (Å²) in [6, 6.07) is 11.5. The molecule has 150 valence electrons. The molecule has 0 bridgehead atoms. The van der Waals surface area contributed by atoms with Crippen LogP contribution in [0.3, 0.4) is 0 Å². The number of carbonyl (C=O) groups excluding carboxylic acids is 1. The van der Waals surface area contributed by atoms with Crippen LogP contribution in [0.25, 0.3) is 0 Å². The molecule has 3 rings (SSSR count). The lowest BCUT2D eigenvalue weighted by molar-refractivity contribution is -0.137. The van der Waals surface area contributed by atoms with Crippen LogP contribution >= 0.6 is 0 Å². The zero-order valence-electron chi connectivity index (χ0n) is 15.3. The summed E-state index contributed by atoms with van der Waals surface area (Å²) in [5, 5.41) is 3.19. The van der Waals surface area contributed by atoms with E-state index in [1.54, 1.807) is 23.1 Å². The van der Waals surface area contributed by atoms with Crippen LogP contribution in [0.4, 0.5) is 17.6 Å². The first kappa shape index (κ1) is 20.3. The normalized spacial score (nSPS) is 17.4. The van der Waals surface area contributed by atoms with E-state index in [-0.39, 0.29) is 17.8 Å². The summed E-state index contributed by atoms with van der Waals surface area (Å²) < 4.78 is 51.6. The molecule has 1 amide bonds. The van der Waals surface area contributed by atoms with Gasteiger partial charge in [0.1, 0.15) is 5.82 Å². The molecule has 0 aliphatic carbocycles. The largest absolute Gasteiger partial charge is 0.416 e. The van der Waals surface area contributed by atoms with Gasteiger partial charge in [0.15, 0.2) is 0 Å². The fraction of sp³-hybridized carbons (Fsp3) is 0.381. The second-order valence-corrected chi connectivity index (χ2v) is 6.97. The van der Waals surface area contributed by atoms with Gasteiger partial charge in [0.2, 0.25) is 5.91 Å². The SMILES string of the molecule is O=C1CCC(CCNCc2ccccc2F)N1Cc1ccc(C(F)(F)F)cc1. The highest BCUT2D eigenvalue weighted by Gasteiger charge is 2.32. The highest BCUT2D eigenvalue weighted by Crippen LogP contribution is 2.30. The topological polar surface area (TPSA) is 32.3 Å². The Morgan fingerprint density at radius 1 is 1.07 bits per heavy atom. The minimum absolute atomic E-state index is 0.0130. The number of hydrogen-bond acceptors (Lipinski definition) is 2. The molecule has 1 atom stereocenters. The molecule has 2 aromatic carbocycles. The van der Waals surface area contributed by atoms with Crippen LogP contribution in [-0.4, -0.2) is 23.4 Å². The maximum absolute atomic E-state index is 13.6. The van der Waals surface area contributed by atoms with Crippen molar-refractivity contribution in [2.75, 3.05) is 6.54 Å². The van der Waals surface area contributed by atoms with E-state index in [1.807, 2.05) is 0 Å². The van der Waals surface area contributed by atoms with Gasteiger partial charge in [-0.2, -0.15) is 13.2 Å². The van der Waals surface area contributed by atoms with Crippen molar-refractivity contribution in [3.05, 3.63) is 71.0 Å². The third-order valence-corrected chi connectivity index (χ3v) is 5.01. The monoisotopic (exact) mass is 394 g/mol. The first-order chi connectivity index (χ1) is 13.3. The Bertz CT molecular complexity index is 805. The van der Waals surface area contributed by atoms with Gasteiger partial charge in [-0.25, -0.2) is 4.39 Å². The predicted molar refractivity (Wildman–Crippen MR) is 97.7 cm³/mol. The molecule has 0 radical (unpaired) electrons. The summed E-state index contributed by atoms with van der Waals surface area (Å²) >= 11 is 0. The Hall–Kier alpha value is -2.41. The summed E-state index contributed by atoms with van der Waals surface area (Å²) in [6.07, 6.45) is -2.49. The first-order valence-electron chi connectivity index (χ1n) is 9.24. The Labute approximate surface area is 161 Å². The Kier molecular flexibility index (Phi) is 6.34. The second-order valence-electron chi connectivity index (χ2n) is 6.97. The molecule has 28 heavy (non-hydrogen) atoms.